The second-order valence-corrected chi connectivity index (χ2v) is 17.6. The average molecular weight is 892 g/mol. The van der Waals surface area contributed by atoms with Crippen molar-refractivity contribution in [1.82, 2.24) is 15.0 Å². The first-order chi connectivity index (χ1) is 34.6. The Morgan fingerprint density at radius 2 is 0.571 bits per heavy atom. The highest BCUT2D eigenvalue weighted by Crippen LogP contribution is 2.40. The lowest BCUT2D eigenvalue weighted by Crippen LogP contribution is -1.97. The third kappa shape index (κ3) is 8.72. The molecule has 0 radical (unpaired) electrons. The van der Waals surface area contributed by atoms with Crippen LogP contribution in [0, 0.1) is 0 Å². The minimum absolute atomic E-state index is 0.634. The number of aromatic nitrogens is 3. The van der Waals surface area contributed by atoms with Gasteiger partial charge in [0, 0.05) is 33.8 Å². The summed E-state index contributed by atoms with van der Waals surface area (Å²) in [4.78, 5) is 15.8. The Hall–Kier alpha value is -9.31. The minimum Gasteiger partial charge on any atom is -0.256 e. The molecule has 3 heteroatoms. The number of hydrogen-bond donors (Lipinski definition) is 0. The maximum Gasteiger partial charge on any atom is 0.160 e. The number of pyridine rings is 1. The maximum atomic E-state index is 5.47. The van der Waals surface area contributed by atoms with E-state index in [0.717, 1.165) is 94.6 Å². The van der Waals surface area contributed by atoms with Gasteiger partial charge in [0.25, 0.3) is 0 Å². The minimum atomic E-state index is 0.634. The van der Waals surface area contributed by atoms with E-state index in [-0.39, 0.29) is 0 Å². The van der Waals surface area contributed by atoms with Gasteiger partial charge in [0.1, 0.15) is 0 Å². The molecule has 0 N–H and O–H groups in total. The molecule has 0 atom stereocenters. The van der Waals surface area contributed by atoms with Crippen molar-refractivity contribution >= 4 is 10.8 Å². The molecule has 0 fully saturated rings. The first kappa shape index (κ1) is 42.1. The summed E-state index contributed by atoms with van der Waals surface area (Å²) in [5, 5.41) is 2.25. The topological polar surface area (TPSA) is 38.7 Å². The molecule has 0 saturated heterocycles. The highest BCUT2D eigenvalue weighted by atomic mass is 14.9. The van der Waals surface area contributed by atoms with Crippen LogP contribution in [-0.4, -0.2) is 15.0 Å². The lowest BCUT2D eigenvalue weighted by Gasteiger charge is -2.16. The molecule has 2 aromatic heterocycles. The lowest BCUT2D eigenvalue weighted by atomic mass is 9.90. The van der Waals surface area contributed by atoms with Crippen molar-refractivity contribution < 1.29 is 0 Å². The Kier molecular flexibility index (Phi) is 11.3. The van der Waals surface area contributed by atoms with Crippen molar-refractivity contribution in [2.24, 2.45) is 0 Å². The van der Waals surface area contributed by atoms with E-state index in [4.69, 9.17) is 15.0 Å². The Balaban J connectivity index is 1.05. The average Bonchev–Trinajstić information content (AvgIpc) is 3.45. The number of hydrogen-bond acceptors (Lipinski definition) is 3. The lowest BCUT2D eigenvalue weighted by molar-refractivity contribution is 1.18. The van der Waals surface area contributed by atoms with Crippen LogP contribution in [-0.2, 0) is 0 Å². The molecule has 12 rings (SSSR count). The molecule has 328 valence electrons. The normalized spacial score (nSPS) is 11.1. The van der Waals surface area contributed by atoms with Crippen LogP contribution in [0.5, 0.6) is 0 Å². The number of nitrogens with zero attached hydrogens (tertiary/aromatic N) is 3. The zero-order valence-corrected chi connectivity index (χ0v) is 38.3. The zero-order valence-electron chi connectivity index (χ0n) is 38.3. The third-order valence-corrected chi connectivity index (χ3v) is 13.1. The summed E-state index contributed by atoms with van der Waals surface area (Å²) < 4.78 is 0. The van der Waals surface area contributed by atoms with Crippen LogP contribution in [0.2, 0.25) is 0 Å². The fourth-order valence-corrected chi connectivity index (χ4v) is 9.51. The van der Waals surface area contributed by atoms with E-state index in [1.807, 2.05) is 12.3 Å². The largest absolute Gasteiger partial charge is 0.256 e. The van der Waals surface area contributed by atoms with Gasteiger partial charge in [-0.2, -0.15) is 0 Å². The van der Waals surface area contributed by atoms with Crippen molar-refractivity contribution in [3.63, 3.8) is 0 Å². The van der Waals surface area contributed by atoms with E-state index in [0.29, 0.717) is 5.82 Å². The molecule has 0 saturated carbocycles. The summed E-state index contributed by atoms with van der Waals surface area (Å²) in [5.74, 6) is 0.634. The summed E-state index contributed by atoms with van der Waals surface area (Å²) in [5.41, 5.74) is 20.2. The Bertz CT molecular complexity index is 3750. The summed E-state index contributed by atoms with van der Waals surface area (Å²) >= 11 is 0. The van der Waals surface area contributed by atoms with Gasteiger partial charge in [-0.15, -0.1) is 0 Å². The van der Waals surface area contributed by atoms with E-state index < -0.39 is 0 Å². The Labute approximate surface area is 408 Å². The highest BCUT2D eigenvalue weighted by molar-refractivity contribution is 5.90. The molecule has 0 spiro atoms. The predicted octanol–water partition coefficient (Wildman–Crippen LogP) is 17.7. The highest BCUT2D eigenvalue weighted by Gasteiger charge is 2.17. The van der Waals surface area contributed by atoms with Gasteiger partial charge < -0.3 is 0 Å². The standard InChI is InChI=1S/C67H45N3/c1-5-19-46(20-6-1)56-37-57(47-21-7-2-8-22-47)39-59(38-56)50-29-17-31-53(35-50)65-44-66(70-67(69-65)54-32-18-30-52(36-54)64-43-51-27-13-14-28-55(51)45-68-64)61-41-58(48-23-9-3-10-24-48)40-60(42-61)63-34-16-15-33-62(63)49-25-11-4-12-26-49/h1-45H. The molecular weight excluding hydrogens is 847 g/mol. The second kappa shape index (κ2) is 18.8. The quantitative estimate of drug-likeness (QED) is 0.137. The van der Waals surface area contributed by atoms with Gasteiger partial charge in [-0.05, 0) is 133 Å². The number of rotatable bonds is 10. The van der Waals surface area contributed by atoms with Gasteiger partial charge in [-0.25, -0.2) is 9.97 Å². The smallest absolute Gasteiger partial charge is 0.160 e. The third-order valence-electron chi connectivity index (χ3n) is 13.1. The van der Waals surface area contributed by atoms with Crippen molar-refractivity contribution in [3.8, 4) is 112 Å². The maximum absolute atomic E-state index is 5.47. The summed E-state index contributed by atoms with van der Waals surface area (Å²) in [6.45, 7) is 0. The molecular formula is C67H45N3. The molecule has 0 unspecified atom stereocenters. The molecule has 70 heavy (non-hydrogen) atoms. The van der Waals surface area contributed by atoms with Crippen LogP contribution < -0.4 is 0 Å². The van der Waals surface area contributed by atoms with E-state index >= 15 is 0 Å². The summed E-state index contributed by atoms with van der Waals surface area (Å²) in [6.07, 6.45) is 1.95. The Morgan fingerprint density at radius 3 is 1.17 bits per heavy atom. The van der Waals surface area contributed by atoms with Gasteiger partial charge >= 0.3 is 0 Å². The SMILES string of the molecule is c1ccc(-c2cc(-c3ccccc3)cc(-c3cccc(-c4cc(-c5cc(-c6ccccc6)cc(-c6ccccc6-c6ccccc6)c5)nc(-c5cccc(-c6cc7ccccc7cn6)c5)n4)c3)c2)cc1. The van der Waals surface area contributed by atoms with Gasteiger partial charge in [0.05, 0.1) is 17.1 Å². The van der Waals surface area contributed by atoms with E-state index in [2.05, 4.69) is 261 Å². The molecule has 0 amide bonds. The van der Waals surface area contributed by atoms with Crippen LogP contribution >= 0.6 is 0 Å². The van der Waals surface area contributed by atoms with Crippen LogP contribution in [0.15, 0.2) is 273 Å². The van der Waals surface area contributed by atoms with Crippen LogP contribution in [0.25, 0.3) is 123 Å². The molecule has 10 aromatic carbocycles. The first-order valence-corrected chi connectivity index (χ1v) is 23.7. The van der Waals surface area contributed by atoms with Gasteiger partial charge in [0.15, 0.2) is 5.82 Å². The Morgan fingerprint density at radius 1 is 0.200 bits per heavy atom. The van der Waals surface area contributed by atoms with Crippen molar-refractivity contribution in [1.29, 1.82) is 0 Å². The van der Waals surface area contributed by atoms with Gasteiger partial charge in [0.2, 0.25) is 0 Å². The zero-order chi connectivity index (χ0) is 46.6. The fraction of sp³-hybridized carbons (Fsp3) is 0. The van der Waals surface area contributed by atoms with Gasteiger partial charge in [-0.3, -0.25) is 4.98 Å². The molecule has 3 nitrogen and oxygen atoms in total. The monoisotopic (exact) mass is 891 g/mol. The fourth-order valence-electron chi connectivity index (χ4n) is 9.51. The van der Waals surface area contributed by atoms with Crippen LogP contribution in [0.3, 0.4) is 0 Å². The molecule has 0 aliphatic rings. The second-order valence-electron chi connectivity index (χ2n) is 17.6. The molecule has 0 aliphatic carbocycles. The van der Waals surface area contributed by atoms with Crippen LogP contribution in [0.4, 0.5) is 0 Å². The molecule has 0 aliphatic heterocycles. The number of fused-ring (bicyclic) bond motifs is 1. The van der Waals surface area contributed by atoms with Gasteiger partial charge in [-0.1, -0.05) is 206 Å². The molecule has 0 bridgehead atoms. The molecule has 2 heterocycles. The first-order valence-electron chi connectivity index (χ1n) is 23.7. The summed E-state index contributed by atoms with van der Waals surface area (Å²) in [6, 6.07) is 94.8. The van der Waals surface area contributed by atoms with Crippen molar-refractivity contribution in [2.75, 3.05) is 0 Å². The summed E-state index contributed by atoms with van der Waals surface area (Å²) in [7, 11) is 0. The molecule has 12 aromatic rings. The van der Waals surface area contributed by atoms with E-state index in [1.54, 1.807) is 0 Å². The van der Waals surface area contributed by atoms with E-state index in [9.17, 15) is 0 Å². The van der Waals surface area contributed by atoms with E-state index in [1.165, 1.54) is 22.3 Å². The van der Waals surface area contributed by atoms with Crippen LogP contribution in [0.1, 0.15) is 0 Å². The van der Waals surface area contributed by atoms with Crippen molar-refractivity contribution in [3.05, 3.63) is 273 Å². The number of benzene rings is 10. The predicted molar refractivity (Wildman–Crippen MR) is 292 cm³/mol. The van der Waals surface area contributed by atoms with Crippen molar-refractivity contribution in [2.45, 2.75) is 0 Å².